The average molecular weight is 271 g/mol. The van der Waals surface area contributed by atoms with Gasteiger partial charge in [0.1, 0.15) is 5.60 Å². The first-order valence-electron chi connectivity index (χ1n) is 6.52. The molecule has 0 aromatic rings. The summed E-state index contributed by atoms with van der Waals surface area (Å²) in [5.74, 6) is -1.27. The number of rotatable bonds is 2. The number of amides is 1. The number of carbonyl (C=O) groups is 2. The lowest BCUT2D eigenvalue weighted by atomic mass is 9.60. The zero-order valence-electron chi connectivity index (χ0n) is 11.6. The normalized spacial score (nSPS) is 33.8. The summed E-state index contributed by atoms with van der Waals surface area (Å²) in [6.07, 6.45) is 0.838. The van der Waals surface area contributed by atoms with Gasteiger partial charge >= 0.3 is 12.1 Å². The molecule has 0 radical (unpaired) electrons. The van der Waals surface area contributed by atoms with Crippen LogP contribution in [0.3, 0.4) is 0 Å². The molecular weight excluding hydrogens is 250 g/mol. The first-order valence-corrected chi connectivity index (χ1v) is 6.52. The predicted octanol–water partition coefficient (Wildman–Crippen LogP) is 1.39. The van der Waals surface area contributed by atoms with Crippen LogP contribution >= 0.6 is 0 Å². The molecule has 2 N–H and O–H groups in total. The Balaban J connectivity index is 1.83. The number of nitrogens with one attached hydrogen (secondary N) is 1. The standard InChI is InChI=1S/C13H21NO5/c1-12(2,3)19-11(17)14-8-4-13(5-8)7-18-6-9(13)10(15)16/h8-9H,4-7H2,1-3H3,(H,14,17)(H,15,16). The lowest BCUT2D eigenvalue weighted by molar-refractivity contribution is -0.147. The molecule has 1 atom stereocenters. The third-order valence-corrected chi connectivity index (χ3v) is 3.74. The van der Waals surface area contributed by atoms with E-state index in [1.807, 2.05) is 0 Å². The number of carboxylic acid groups (broad SMARTS) is 1. The van der Waals surface area contributed by atoms with E-state index in [1.54, 1.807) is 20.8 Å². The highest BCUT2D eigenvalue weighted by Crippen LogP contribution is 2.51. The van der Waals surface area contributed by atoms with Gasteiger partial charge < -0.3 is 19.9 Å². The summed E-state index contributed by atoms with van der Waals surface area (Å²) in [6, 6.07) is -0.0154. The molecule has 2 fully saturated rings. The quantitative estimate of drug-likeness (QED) is 0.792. The van der Waals surface area contributed by atoms with Crippen molar-refractivity contribution in [3.8, 4) is 0 Å². The molecule has 19 heavy (non-hydrogen) atoms. The molecule has 108 valence electrons. The van der Waals surface area contributed by atoms with Gasteiger partial charge in [-0.1, -0.05) is 0 Å². The van der Waals surface area contributed by atoms with Crippen molar-refractivity contribution < 1.29 is 24.2 Å². The molecule has 1 amide bonds. The minimum absolute atomic E-state index is 0.0154. The Morgan fingerprint density at radius 3 is 2.53 bits per heavy atom. The van der Waals surface area contributed by atoms with Crippen LogP contribution in [-0.4, -0.2) is 42.0 Å². The highest BCUT2D eigenvalue weighted by molar-refractivity contribution is 5.72. The van der Waals surface area contributed by atoms with Gasteiger partial charge in [-0.15, -0.1) is 0 Å². The Hall–Kier alpha value is -1.30. The Labute approximate surface area is 112 Å². The summed E-state index contributed by atoms with van der Waals surface area (Å²) in [5, 5.41) is 11.9. The third kappa shape index (κ3) is 3.00. The second-order valence-corrected chi connectivity index (χ2v) is 6.52. The Bertz CT molecular complexity index is 381. The number of hydrogen-bond acceptors (Lipinski definition) is 4. The molecule has 1 saturated carbocycles. The molecular formula is C13H21NO5. The number of ether oxygens (including phenoxy) is 2. The summed E-state index contributed by atoms with van der Waals surface area (Å²) in [5.41, 5.74) is -0.822. The Morgan fingerprint density at radius 2 is 2.00 bits per heavy atom. The molecule has 1 saturated heterocycles. The topological polar surface area (TPSA) is 84.9 Å². The second-order valence-electron chi connectivity index (χ2n) is 6.52. The van der Waals surface area contributed by atoms with Crippen LogP contribution in [0, 0.1) is 11.3 Å². The smallest absolute Gasteiger partial charge is 0.407 e. The molecule has 0 aromatic heterocycles. The van der Waals surface area contributed by atoms with Crippen molar-refractivity contribution in [2.75, 3.05) is 13.2 Å². The van der Waals surface area contributed by atoms with Crippen molar-refractivity contribution >= 4 is 12.1 Å². The maximum absolute atomic E-state index is 11.6. The van der Waals surface area contributed by atoms with E-state index in [1.165, 1.54) is 0 Å². The van der Waals surface area contributed by atoms with Gasteiger partial charge in [-0.05, 0) is 33.6 Å². The van der Waals surface area contributed by atoms with E-state index >= 15 is 0 Å². The number of aliphatic carboxylic acids is 1. The van der Waals surface area contributed by atoms with Crippen LogP contribution in [0.2, 0.25) is 0 Å². The van der Waals surface area contributed by atoms with E-state index in [0.717, 1.165) is 0 Å². The van der Waals surface area contributed by atoms with E-state index in [2.05, 4.69) is 5.32 Å². The highest BCUT2D eigenvalue weighted by Gasteiger charge is 2.56. The molecule has 0 aromatic carbocycles. The molecule has 0 bridgehead atoms. The van der Waals surface area contributed by atoms with Crippen LogP contribution in [0.4, 0.5) is 4.79 Å². The largest absolute Gasteiger partial charge is 0.481 e. The number of hydrogen-bond donors (Lipinski definition) is 2. The Morgan fingerprint density at radius 1 is 1.37 bits per heavy atom. The van der Waals surface area contributed by atoms with Gasteiger partial charge in [0.05, 0.1) is 19.1 Å². The van der Waals surface area contributed by atoms with E-state index in [9.17, 15) is 9.59 Å². The average Bonchev–Trinajstić information content (AvgIpc) is 2.57. The van der Waals surface area contributed by atoms with Crippen molar-refractivity contribution in [3.63, 3.8) is 0 Å². The van der Waals surface area contributed by atoms with E-state index < -0.39 is 23.6 Å². The third-order valence-electron chi connectivity index (χ3n) is 3.74. The zero-order valence-corrected chi connectivity index (χ0v) is 11.6. The van der Waals surface area contributed by atoms with Gasteiger partial charge in [0, 0.05) is 11.5 Å². The monoisotopic (exact) mass is 271 g/mol. The number of carbonyl (C=O) groups excluding carboxylic acids is 1. The van der Waals surface area contributed by atoms with E-state index in [0.29, 0.717) is 19.4 Å². The molecule has 1 aliphatic heterocycles. The minimum atomic E-state index is -0.812. The first-order chi connectivity index (χ1) is 8.72. The fourth-order valence-corrected chi connectivity index (χ4v) is 2.89. The summed E-state index contributed by atoms with van der Waals surface area (Å²) in [7, 11) is 0. The Kier molecular flexibility index (Phi) is 3.47. The second kappa shape index (κ2) is 4.67. The van der Waals surface area contributed by atoms with E-state index in [4.69, 9.17) is 14.6 Å². The molecule has 6 heteroatoms. The maximum atomic E-state index is 11.6. The van der Waals surface area contributed by atoms with Gasteiger partial charge in [0.25, 0.3) is 0 Å². The number of carboxylic acids is 1. The fraction of sp³-hybridized carbons (Fsp3) is 0.846. The highest BCUT2D eigenvalue weighted by atomic mass is 16.6. The van der Waals surface area contributed by atoms with Crippen LogP contribution in [0.5, 0.6) is 0 Å². The van der Waals surface area contributed by atoms with Gasteiger partial charge in [-0.3, -0.25) is 4.79 Å². The van der Waals surface area contributed by atoms with Crippen LogP contribution < -0.4 is 5.32 Å². The SMILES string of the molecule is CC(C)(C)OC(=O)NC1CC2(COCC2C(=O)O)C1. The summed E-state index contributed by atoms with van der Waals surface area (Å²) in [6.45, 7) is 6.16. The lowest BCUT2D eigenvalue weighted by Crippen LogP contribution is -2.55. The van der Waals surface area contributed by atoms with Crippen LogP contribution in [0.15, 0.2) is 0 Å². The molecule has 6 nitrogen and oxygen atoms in total. The lowest BCUT2D eigenvalue weighted by Gasteiger charge is -2.46. The van der Waals surface area contributed by atoms with Gasteiger partial charge in [-0.25, -0.2) is 4.79 Å². The van der Waals surface area contributed by atoms with Crippen molar-refractivity contribution in [3.05, 3.63) is 0 Å². The van der Waals surface area contributed by atoms with Crippen LogP contribution in [0.25, 0.3) is 0 Å². The van der Waals surface area contributed by atoms with Crippen molar-refractivity contribution in [2.24, 2.45) is 11.3 Å². The van der Waals surface area contributed by atoms with Gasteiger partial charge in [0.15, 0.2) is 0 Å². The number of alkyl carbamates (subject to hydrolysis) is 1. The van der Waals surface area contributed by atoms with Crippen molar-refractivity contribution in [1.82, 2.24) is 5.32 Å². The molecule has 1 spiro atoms. The zero-order chi connectivity index (χ0) is 14.3. The van der Waals surface area contributed by atoms with Crippen molar-refractivity contribution in [1.29, 1.82) is 0 Å². The summed E-state index contributed by atoms with van der Waals surface area (Å²) >= 11 is 0. The van der Waals surface area contributed by atoms with E-state index in [-0.39, 0.29) is 18.1 Å². The predicted molar refractivity (Wildman–Crippen MR) is 66.8 cm³/mol. The summed E-state index contributed by atoms with van der Waals surface area (Å²) in [4.78, 5) is 22.7. The minimum Gasteiger partial charge on any atom is -0.481 e. The summed E-state index contributed by atoms with van der Waals surface area (Å²) < 4.78 is 10.5. The van der Waals surface area contributed by atoms with Gasteiger partial charge in [0.2, 0.25) is 0 Å². The first kappa shape index (κ1) is 14.1. The van der Waals surface area contributed by atoms with Crippen LogP contribution in [-0.2, 0) is 14.3 Å². The fourth-order valence-electron chi connectivity index (χ4n) is 2.89. The maximum Gasteiger partial charge on any atom is 0.407 e. The molecule has 1 heterocycles. The molecule has 2 rings (SSSR count). The molecule has 1 aliphatic carbocycles. The molecule has 2 aliphatic rings. The molecule has 1 unspecified atom stereocenters. The van der Waals surface area contributed by atoms with Gasteiger partial charge in [-0.2, -0.15) is 0 Å². The van der Waals surface area contributed by atoms with Crippen molar-refractivity contribution in [2.45, 2.75) is 45.3 Å². The van der Waals surface area contributed by atoms with Crippen LogP contribution in [0.1, 0.15) is 33.6 Å².